The topological polar surface area (TPSA) is 54.9 Å². The first kappa shape index (κ1) is 9.68. The predicted molar refractivity (Wildman–Crippen MR) is 50.2 cm³/mol. The van der Waals surface area contributed by atoms with Gasteiger partial charge in [-0.2, -0.15) is 0 Å². The third-order valence-corrected chi connectivity index (χ3v) is 2.22. The summed E-state index contributed by atoms with van der Waals surface area (Å²) < 4.78 is 0. The van der Waals surface area contributed by atoms with Gasteiger partial charge in [-0.3, -0.25) is 4.79 Å². The monoisotopic (exact) mass is 195 g/mol. The maximum absolute atomic E-state index is 10.6. The molecule has 0 saturated heterocycles. The molecule has 0 radical (unpaired) electrons. The predicted octanol–water partition coefficient (Wildman–Crippen LogP) is 0.138. The molecular weight excluding hydrogens is 186 g/mol. The maximum atomic E-state index is 10.6. The normalized spacial score (nSPS) is 9.23. The molecule has 1 N–H and O–H groups in total. The molecule has 0 unspecified atom stereocenters. The first-order valence-corrected chi connectivity index (χ1v) is 4.57. The van der Waals surface area contributed by atoms with Gasteiger partial charge in [-0.05, 0) is 12.8 Å². The molecule has 1 amide bonds. The molecule has 1 aromatic heterocycles. The minimum absolute atomic E-state index is 0.388. The van der Waals surface area contributed by atoms with Crippen LogP contribution in [-0.4, -0.2) is 22.6 Å². The molecular formula is C8H9N3OS. The fourth-order valence-corrected chi connectivity index (χ4v) is 1.48. The van der Waals surface area contributed by atoms with Crippen molar-refractivity contribution in [3.8, 4) is 12.3 Å². The smallest absolute Gasteiger partial charge is 0.295 e. The number of aryl methyl sites for hydroxylation is 1. The third-order valence-electron chi connectivity index (χ3n) is 1.32. The van der Waals surface area contributed by atoms with Crippen LogP contribution in [-0.2, 0) is 11.2 Å². The lowest BCUT2D eigenvalue weighted by atomic mass is 10.4. The quantitative estimate of drug-likeness (QED) is 0.698. The van der Waals surface area contributed by atoms with E-state index in [9.17, 15) is 4.79 Å². The highest BCUT2D eigenvalue weighted by Crippen LogP contribution is 2.07. The van der Waals surface area contributed by atoms with Crippen molar-refractivity contribution in [1.82, 2.24) is 15.5 Å². The van der Waals surface area contributed by atoms with Gasteiger partial charge in [-0.1, -0.05) is 0 Å². The Morgan fingerprint density at radius 3 is 3.00 bits per heavy atom. The summed E-state index contributed by atoms with van der Waals surface area (Å²) in [4.78, 5) is 10.6. The van der Waals surface area contributed by atoms with E-state index in [1.807, 2.05) is 12.8 Å². The number of hydrogen-bond donors (Lipinski definition) is 1. The van der Waals surface area contributed by atoms with E-state index in [0.29, 0.717) is 13.0 Å². The maximum Gasteiger partial charge on any atom is 0.295 e. The van der Waals surface area contributed by atoms with Crippen LogP contribution in [0.25, 0.3) is 0 Å². The zero-order valence-corrected chi connectivity index (χ0v) is 8.02. The summed E-state index contributed by atoms with van der Waals surface area (Å²) in [6.07, 6.45) is 5.55. The van der Waals surface area contributed by atoms with Gasteiger partial charge in [-0.25, -0.2) is 0 Å². The van der Waals surface area contributed by atoms with E-state index in [-0.39, 0.29) is 5.91 Å². The molecule has 0 aliphatic rings. The molecule has 1 rings (SSSR count). The van der Waals surface area contributed by atoms with Crippen molar-refractivity contribution in [1.29, 1.82) is 0 Å². The lowest BCUT2D eigenvalue weighted by Crippen LogP contribution is -2.23. The van der Waals surface area contributed by atoms with Crippen LogP contribution < -0.4 is 5.32 Å². The first-order valence-electron chi connectivity index (χ1n) is 3.76. The molecule has 0 atom stereocenters. The van der Waals surface area contributed by atoms with Gasteiger partial charge in [-0.15, -0.1) is 28.0 Å². The molecule has 0 bridgehead atoms. The molecule has 1 heterocycles. The number of terminal acetylenes is 1. The van der Waals surface area contributed by atoms with Gasteiger partial charge >= 0.3 is 0 Å². The summed E-state index contributed by atoms with van der Waals surface area (Å²) in [5, 5.41) is 12.1. The second-order valence-corrected chi connectivity index (χ2v) is 3.63. The highest BCUT2D eigenvalue weighted by molar-refractivity contribution is 7.11. The highest BCUT2D eigenvalue weighted by atomic mass is 32.1. The number of carbonyl (C=O) groups excluding carboxylic acids is 1. The van der Waals surface area contributed by atoms with Crippen LogP contribution >= 0.6 is 11.3 Å². The van der Waals surface area contributed by atoms with E-state index in [1.54, 1.807) is 0 Å². The second-order valence-electron chi connectivity index (χ2n) is 2.37. The molecule has 0 aromatic carbocycles. The minimum Gasteiger partial charge on any atom is -0.345 e. The second kappa shape index (κ2) is 4.58. The summed E-state index contributed by atoms with van der Waals surface area (Å²) in [7, 11) is 0. The standard InChI is InChI=1S/C8H9N3OS/c1-3-7(12)9-5-4-8-11-10-6(2)13-8/h1H,4-5H2,2H3,(H,9,12). The fraction of sp³-hybridized carbons (Fsp3) is 0.375. The van der Waals surface area contributed by atoms with Crippen molar-refractivity contribution in [2.24, 2.45) is 0 Å². The Hall–Kier alpha value is -1.41. The van der Waals surface area contributed by atoms with Crippen LogP contribution in [0.2, 0.25) is 0 Å². The molecule has 0 aliphatic carbocycles. The van der Waals surface area contributed by atoms with Crippen molar-refractivity contribution in [3.05, 3.63) is 10.0 Å². The SMILES string of the molecule is C#CC(=O)NCCc1nnc(C)s1. The Morgan fingerprint density at radius 2 is 2.46 bits per heavy atom. The van der Waals surface area contributed by atoms with Crippen LogP contribution in [0.4, 0.5) is 0 Å². The third kappa shape index (κ3) is 3.22. The van der Waals surface area contributed by atoms with E-state index in [1.165, 1.54) is 11.3 Å². The van der Waals surface area contributed by atoms with E-state index < -0.39 is 0 Å². The van der Waals surface area contributed by atoms with Crippen molar-refractivity contribution in [2.75, 3.05) is 6.54 Å². The minimum atomic E-state index is -0.388. The van der Waals surface area contributed by atoms with Gasteiger partial charge in [0.25, 0.3) is 5.91 Å². The van der Waals surface area contributed by atoms with Crippen molar-refractivity contribution in [2.45, 2.75) is 13.3 Å². The fourth-order valence-electron chi connectivity index (χ4n) is 0.773. The first-order chi connectivity index (χ1) is 6.22. The van der Waals surface area contributed by atoms with Gasteiger partial charge in [0.2, 0.25) is 0 Å². The average molecular weight is 195 g/mol. The Bertz CT molecular complexity index is 339. The molecule has 0 fully saturated rings. The molecule has 0 saturated carbocycles. The molecule has 13 heavy (non-hydrogen) atoms. The van der Waals surface area contributed by atoms with E-state index in [4.69, 9.17) is 6.42 Å². The number of nitrogens with one attached hydrogen (secondary N) is 1. The molecule has 5 heteroatoms. The molecule has 0 spiro atoms. The Labute approximate surface area is 80.4 Å². The number of amides is 1. The molecule has 68 valence electrons. The van der Waals surface area contributed by atoms with Gasteiger partial charge in [0.1, 0.15) is 10.0 Å². The molecule has 1 aromatic rings. The lowest BCUT2D eigenvalue weighted by Gasteiger charge is -1.96. The van der Waals surface area contributed by atoms with Crippen LogP contribution in [0.15, 0.2) is 0 Å². The van der Waals surface area contributed by atoms with Crippen LogP contribution in [0.1, 0.15) is 10.0 Å². The van der Waals surface area contributed by atoms with E-state index in [2.05, 4.69) is 15.5 Å². The summed E-state index contributed by atoms with van der Waals surface area (Å²) in [5.41, 5.74) is 0. The van der Waals surface area contributed by atoms with Crippen LogP contribution in [0.5, 0.6) is 0 Å². The van der Waals surface area contributed by atoms with Gasteiger partial charge in [0.15, 0.2) is 0 Å². The number of hydrogen-bond acceptors (Lipinski definition) is 4. The van der Waals surface area contributed by atoms with Crippen LogP contribution in [0.3, 0.4) is 0 Å². The summed E-state index contributed by atoms with van der Waals surface area (Å²) in [5.74, 6) is 1.59. The van der Waals surface area contributed by atoms with Gasteiger partial charge < -0.3 is 5.32 Å². The van der Waals surface area contributed by atoms with Crippen LogP contribution in [0, 0.1) is 19.3 Å². The number of aromatic nitrogens is 2. The molecule has 4 nitrogen and oxygen atoms in total. The summed E-state index contributed by atoms with van der Waals surface area (Å²) >= 11 is 1.52. The number of rotatable bonds is 3. The summed E-state index contributed by atoms with van der Waals surface area (Å²) in [6, 6.07) is 0. The van der Waals surface area contributed by atoms with Gasteiger partial charge in [0, 0.05) is 13.0 Å². The Kier molecular flexibility index (Phi) is 3.41. The van der Waals surface area contributed by atoms with Gasteiger partial charge in [0.05, 0.1) is 0 Å². The zero-order chi connectivity index (χ0) is 9.68. The van der Waals surface area contributed by atoms with Crippen molar-refractivity contribution >= 4 is 17.2 Å². The molecule has 0 aliphatic heterocycles. The number of nitrogens with zero attached hydrogens (tertiary/aromatic N) is 2. The highest BCUT2D eigenvalue weighted by Gasteiger charge is 2.00. The Morgan fingerprint density at radius 1 is 1.69 bits per heavy atom. The van der Waals surface area contributed by atoms with E-state index >= 15 is 0 Å². The Balaban J connectivity index is 2.29. The largest absolute Gasteiger partial charge is 0.345 e. The zero-order valence-electron chi connectivity index (χ0n) is 7.20. The van der Waals surface area contributed by atoms with Crippen molar-refractivity contribution in [3.63, 3.8) is 0 Å². The average Bonchev–Trinajstić information content (AvgIpc) is 2.51. The summed E-state index contributed by atoms with van der Waals surface area (Å²) in [6.45, 7) is 2.40. The van der Waals surface area contributed by atoms with Crippen molar-refractivity contribution < 1.29 is 4.79 Å². The lowest BCUT2D eigenvalue weighted by molar-refractivity contribution is -0.115. The number of carbonyl (C=O) groups is 1. The van der Waals surface area contributed by atoms with E-state index in [0.717, 1.165) is 10.0 Å².